The number of carbonyl (C=O) groups is 1. The van der Waals surface area contributed by atoms with Crippen molar-refractivity contribution in [2.45, 2.75) is 58.3 Å². The second-order valence-electron chi connectivity index (χ2n) is 8.51. The number of alkyl halides is 1. The van der Waals surface area contributed by atoms with Gasteiger partial charge in [0.1, 0.15) is 0 Å². The summed E-state index contributed by atoms with van der Waals surface area (Å²) in [5.74, 6) is -2.98. The van der Waals surface area contributed by atoms with Crippen molar-refractivity contribution in [1.82, 2.24) is 0 Å². The van der Waals surface area contributed by atoms with Crippen molar-refractivity contribution in [2.24, 2.45) is 0 Å². The zero-order chi connectivity index (χ0) is 19.6. The van der Waals surface area contributed by atoms with Crippen molar-refractivity contribution in [2.75, 3.05) is 13.8 Å². The third-order valence-corrected chi connectivity index (χ3v) is 5.94. The molecule has 0 amide bonds. The molecule has 0 bridgehead atoms. The van der Waals surface area contributed by atoms with Gasteiger partial charge in [0.25, 0.3) is 0 Å². The minimum Gasteiger partial charge on any atom is -0.330 e. The van der Waals surface area contributed by atoms with Crippen molar-refractivity contribution in [3.63, 3.8) is 0 Å². The highest BCUT2D eigenvalue weighted by molar-refractivity contribution is 7.59. The van der Waals surface area contributed by atoms with Crippen molar-refractivity contribution < 1.29 is 18.3 Å². The van der Waals surface area contributed by atoms with Crippen molar-refractivity contribution >= 4 is 19.2 Å². The lowest BCUT2D eigenvalue weighted by Crippen LogP contribution is -2.16. The van der Waals surface area contributed by atoms with Crippen LogP contribution in [0, 0.1) is 0 Å². The summed E-state index contributed by atoms with van der Waals surface area (Å²) in [4.78, 5) is 12.0. The highest BCUT2D eigenvalue weighted by Crippen LogP contribution is 2.48. The largest absolute Gasteiger partial charge is 0.330 e. The lowest BCUT2D eigenvalue weighted by molar-refractivity contribution is -0.116. The van der Waals surface area contributed by atoms with Crippen LogP contribution in [0.15, 0.2) is 24.3 Å². The minimum absolute atomic E-state index is 0.0499. The highest BCUT2D eigenvalue weighted by Gasteiger charge is 2.33. The third-order valence-electron chi connectivity index (χ3n) is 4.14. The summed E-state index contributed by atoms with van der Waals surface area (Å²) in [6, 6.07) is 6.16. The molecule has 0 saturated heterocycles. The number of hydrogen-bond acceptors (Lipinski definition) is 3. The molecule has 0 N–H and O–H groups in total. The molecule has 140 valence electrons. The predicted molar refractivity (Wildman–Crippen MR) is 103 cm³/mol. The zero-order valence-corrected chi connectivity index (χ0v) is 17.4. The second kappa shape index (κ2) is 7.55. The van der Waals surface area contributed by atoms with Gasteiger partial charge in [0.15, 0.2) is 5.78 Å². The molecule has 3 nitrogen and oxygen atoms in total. The summed E-state index contributed by atoms with van der Waals surface area (Å²) in [5.41, 5.74) is 3.00. The fourth-order valence-corrected chi connectivity index (χ4v) is 2.93. The van der Waals surface area contributed by atoms with Crippen LogP contribution in [-0.4, -0.2) is 25.5 Å². The van der Waals surface area contributed by atoms with Crippen LogP contribution < -0.4 is 0 Å². The molecule has 0 radical (unpaired) electrons. The number of rotatable bonds is 5. The van der Waals surface area contributed by atoms with E-state index < -0.39 is 19.1 Å². The first-order valence-electron chi connectivity index (χ1n) is 8.33. The van der Waals surface area contributed by atoms with E-state index in [-0.39, 0.29) is 10.8 Å². The molecule has 0 spiro atoms. The Kier molecular flexibility index (Phi) is 6.58. The van der Waals surface area contributed by atoms with E-state index in [1.165, 1.54) is 0 Å². The van der Waals surface area contributed by atoms with E-state index in [9.17, 15) is 13.8 Å². The Hall–Kier alpha value is -1.25. The fraction of sp³-hybridized carbons (Fsp3) is 0.550. The van der Waals surface area contributed by atoms with Crippen LogP contribution in [0.4, 0.5) is 4.39 Å². The Morgan fingerprint density at radius 1 is 1.08 bits per heavy atom. The molecule has 25 heavy (non-hydrogen) atoms. The summed E-state index contributed by atoms with van der Waals surface area (Å²) < 4.78 is 30.5. The molecule has 5 heteroatoms. The molecule has 2 atom stereocenters. The maximum atomic E-state index is 14.0. The highest BCUT2D eigenvalue weighted by atomic mass is 31.2. The van der Waals surface area contributed by atoms with Crippen molar-refractivity contribution in [3.05, 3.63) is 41.0 Å². The molecule has 0 fully saturated rings. The summed E-state index contributed by atoms with van der Waals surface area (Å²) in [6.07, 6.45) is 2.73. The quantitative estimate of drug-likeness (QED) is 0.493. The number of carbonyl (C=O) groups excluding carboxylic acids is 1. The van der Waals surface area contributed by atoms with E-state index in [1.807, 2.05) is 12.1 Å². The van der Waals surface area contributed by atoms with E-state index in [0.717, 1.165) is 36.5 Å². The molecular weight excluding hydrogens is 338 g/mol. The van der Waals surface area contributed by atoms with Gasteiger partial charge in [0, 0.05) is 13.8 Å². The third kappa shape index (κ3) is 5.90. The molecule has 0 aliphatic rings. The van der Waals surface area contributed by atoms with Gasteiger partial charge in [-0.25, -0.2) is 4.39 Å². The Balaban J connectivity index is 3.25. The molecular formula is C20H30FO3P. The van der Waals surface area contributed by atoms with Crippen LogP contribution >= 0.6 is 7.37 Å². The molecule has 0 heterocycles. The smallest absolute Gasteiger partial charge is 0.240 e. The lowest BCUT2D eigenvalue weighted by atomic mass is 9.79. The van der Waals surface area contributed by atoms with E-state index in [0.29, 0.717) is 0 Å². The molecule has 0 aliphatic carbocycles. The molecule has 1 aromatic rings. The predicted octanol–water partition coefficient (Wildman–Crippen LogP) is 5.71. The van der Waals surface area contributed by atoms with Crippen LogP contribution in [0.2, 0.25) is 0 Å². The SMILES string of the molecule is COP(C)(=O)C(F)C(=O)C=Cc1cc(C(C)(C)C)cc(C(C)(C)C)c1. The molecule has 2 unspecified atom stereocenters. The van der Waals surface area contributed by atoms with Crippen LogP contribution in [-0.2, 0) is 24.7 Å². The molecule has 0 saturated carbocycles. The van der Waals surface area contributed by atoms with Gasteiger partial charge in [0.2, 0.25) is 13.3 Å². The summed E-state index contributed by atoms with van der Waals surface area (Å²) >= 11 is 0. The van der Waals surface area contributed by atoms with Crippen molar-refractivity contribution in [3.8, 4) is 0 Å². The van der Waals surface area contributed by atoms with Gasteiger partial charge in [0.05, 0.1) is 0 Å². The first-order valence-corrected chi connectivity index (χ1v) is 10.5. The monoisotopic (exact) mass is 368 g/mol. The lowest BCUT2D eigenvalue weighted by Gasteiger charge is -2.25. The summed E-state index contributed by atoms with van der Waals surface area (Å²) in [5, 5.41) is 0. The van der Waals surface area contributed by atoms with E-state index >= 15 is 0 Å². The Labute approximate surface area is 151 Å². The van der Waals surface area contributed by atoms with Gasteiger partial charge in [-0.1, -0.05) is 65.8 Å². The first-order chi connectivity index (χ1) is 11.2. The number of allylic oxidation sites excluding steroid dienone is 1. The van der Waals surface area contributed by atoms with Gasteiger partial charge in [-0.3, -0.25) is 9.36 Å². The van der Waals surface area contributed by atoms with Gasteiger partial charge in [-0.05, 0) is 33.6 Å². The van der Waals surface area contributed by atoms with Crippen LogP contribution in [0.25, 0.3) is 6.08 Å². The number of ketones is 1. The number of benzene rings is 1. The van der Waals surface area contributed by atoms with Gasteiger partial charge < -0.3 is 4.52 Å². The maximum absolute atomic E-state index is 14.0. The van der Waals surface area contributed by atoms with E-state index in [1.54, 1.807) is 6.08 Å². The van der Waals surface area contributed by atoms with E-state index in [4.69, 9.17) is 0 Å². The maximum Gasteiger partial charge on any atom is 0.240 e. The van der Waals surface area contributed by atoms with Crippen LogP contribution in [0.3, 0.4) is 0 Å². The molecule has 0 aromatic heterocycles. The van der Waals surface area contributed by atoms with Crippen LogP contribution in [0.1, 0.15) is 58.2 Å². The second-order valence-corrected chi connectivity index (χ2v) is 11.1. The molecule has 1 rings (SSSR count). The van der Waals surface area contributed by atoms with Gasteiger partial charge in [-0.2, -0.15) is 0 Å². The Bertz CT molecular complexity index is 676. The average Bonchev–Trinajstić information content (AvgIpc) is 2.49. The minimum atomic E-state index is -3.58. The Morgan fingerprint density at radius 2 is 1.52 bits per heavy atom. The number of halogens is 1. The Morgan fingerprint density at radius 3 is 1.88 bits per heavy atom. The standard InChI is InChI=1S/C20H30FO3P/c1-19(2,3)15-11-14(12-16(13-15)20(4,5)6)9-10-17(22)18(21)25(8,23)24-7/h9-13,18H,1-8H3. The normalized spacial score (nSPS) is 16.7. The summed E-state index contributed by atoms with van der Waals surface area (Å²) in [7, 11) is -2.44. The van der Waals surface area contributed by atoms with Crippen molar-refractivity contribution in [1.29, 1.82) is 0 Å². The number of hydrogen-bond donors (Lipinski definition) is 0. The first kappa shape index (κ1) is 21.8. The molecule has 1 aromatic carbocycles. The topological polar surface area (TPSA) is 43.4 Å². The molecule has 0 aliphatic heterocycles. The zero-order valence-electron chi connectivity index (χ0n) is 16.5. The summed E-state index contributed by atoms with van der Waals surface area (Å²) in [6.45, 7) is 13.9. The fourth-order valence-electron chi connectivity index (χ4n) is 2.20. The van der Waals surface area contributed by atoms with Gasteiger partial charge >= 0.3 is 0 Å². The van der Waals surface area contributed by atoms with E-state index in [2.05, 4.69) is 52.1 Å². The van der Waals surface area contributed by atoms with Gasteiger partial charge in [-0.15, -0.1) is 0 Å². The van der Waals surface area contributed by atoms with Crippen LogP contribution in [0.5, 0.6) is 0 Å². The average molecular weight is 368 g/mol.